The minimum absolute atomic E-state index is 0.249. The van der Waals surface area contributed by atoms with Crippen molar-refractivity contribution in [3.05, 3.63) is 12.7 Å². The standard InChI is InChI=1S/C8H15NO3/c1-6-7(10)9(3)8(2,11-4)12-5/h6H,1H2,2-5H3. The Labute approximate surface area is 72.8 Å². The maximum absolute atomic E-state index is 11.1. The average Bonchev–Trinajstić information content (AvgIpc) is 2.14. The van der Waals surface area contributed by atoms with E-state index in [0.29, 0.717) is 0 Å². The van der Waals surface area contributed by atoms with Gasteiger partial charge >= 0.3 is 0 Å². The number of amides is 1. The van der Waals surface area contributed by atoms with Gasteiger partial charge in [-0.05, 0) is 6.08 Å². The van der Waals surface area contributed by atoms with Crippen LogP contribution in [0.15, 0.2) is 12.7 Å². The summed E-state index contributed by atoms with van der Waals surface area (Å²) in [6.45, 7) is 5.01. The van der Waals surface area contributed by atoms with Gasteiger partial charge in [0.25, 0.3) is 0 Å². The zero-order valence-corrected chi connectivity index (χ0v) is 7.96. The molecule has 0 rings (SSSR count). The molecule has 0 saturated heterocycles. The van der Waals surface area contributed by atoms with Gasteiger partial charge in [-0.1, -0.05) is 6.58 Å². The summed E-state index contributed by atoms with van der Waals surface area (Å²) in [4.78, 5) is 12.4. The Hall–Kier alpha value is -0.870. The Kier molecular flexibility index (Phi) is 3.92. The van der Waals surface area contributed by atoms with E-state index < -0.39 is 5.91 Å². The fraction of sp³-hybridized carbons (Fsp3) is 0.625. The number of carbonyl (C=O) groups is 1. The van der Waals surface area contributed by atoms with E-state index in [1.165, 1.54) is 25.2 Å². The van der Waals surface area contributed by atoms with Crippen LogP contribution in [0, 0.1) is 0 Å². The van der Waals surface area contributed by atoms with Crippen LogP contribution in [-0.2, 0) is 14.3 Å². The molecule has 0 unspecified atom stereocenters. The van der Waals surface area contributed by atoms with Gasteiger partial charge in [0.15, 0.2) is 0 Å². The summed E-state index contributed by atoms with van der Waals surface area (Å²) >= 11 is 0. The minimum Gasteiger partial charge on any atom is -0.336 e. The summed E-state index contributed by atoms with van der Waals surface area (Å²) < 4.78 is 10.0. The van der Waals surface area contributed by atoms with Gasteiger partial charge in [-0.15, -0.1) is 0 Å². The highest BCUT2D eigenvalue weighted by molar-refractivity contribution is 5.87. The molecule has 1 amide bonds. The van der Waals surface area contributed by atoms with Crippen LogP contribution in [0.1, 0.15) is 6.92 Å². The molecule has 0 heterocycles. The van der Waals surface area contributed by atoms with Crippen LogP contribution in [0.4, 0.5) is 0 Å². The number of hydrogen-bond donors (Lipinski definition) is 0. The van der Waals surface area contributed by atoms with Crippen LogP contribution in [0.3, 0.4) is 0 Å². The lowest BCUT2D eigenvalue weighted by Gasteiger charge is -2.34. The van der Waals surface area contributed by atoms with Crippen LogP contribution in [0.5, 0.6) is 0 Å². The fourth-order valence-corrected chi connectivity index (χ4v) is 0.694. The zero-order chi connectivity index (χ0) is 9.78. The Bertz CT molecular complexity index is 175. The van der Waals surface area contributed by atoms with E-state index >= 15 is 0 Å². The minimum atomic E-state index is -1.02. The van der Waals surface area contributed by atoms with E-state index in [9.17, 15) is 4.79 Å². The first-order chi connectivity index (χ1) is 5.51. The first kappa shape index (κ1) is 11.1. The van der Waals surface area contributed by atoms with Crippen molar-refractivity contribution in [2.45, 2.75) is 12.8 Å². The molecule has 0 aromatic rings. The van der Waals surface area contributed by atoms with E-state index in [4.69, 9.17) is 9.47 Å². The molecule has 12 heavy (non-hydrogen) atoms. The molecule has 0 N–H and O–H groups in total. The van der Waals surface area contributed by atoms with Crippen molar-refractivity contribution in [3.63, 3.8) is 0 Å². The van der Waals surface area contributed by atoms with Crippen molar-refractivity contribution in [2.75, 3.05) is 21.3 Å². The SMILES string of the molecule is C=CC(=O)N(C)C(C)(OC)OC. The summed E-state index contributed by atoms with van der Waals surface area (Å²) in [5.74, 6) is -1.27. The molecule has 0 spiro atoms. The first-order valence-electron chi connectivity index (χ1n) is 3.52. The van der Waals surface area contributed by atoms with Crippen molar-refractivity contribution < 1.29 is 14.3 Å². The number of carbonyl (C=O) groups excluding carboxylic acids is 1. The van der Waals surface area contributed by atoms with Crippen LogP contribution in [-0.4, -0.2) is 38.0 Å². The second-order valence-corrected chi connectivity index (χ2v) is 2.41. The van der Waals surface area contributed by atoms with E-state index in [2.05, 4.69) is 6.58 Å². The molecular weight excluding hydrogens is 158 g/mol. The van der Waals surface area contributed by atoms with Gasteiger partial charge in [0.1, 0.15) is 0 Å². The summed E-state index contributed by atoms with van der Waals surface area (Å²) in [6.07, 6.45) is 1.20. The summed E-state index contributed by atoms with van der Waals surface area (Å²) in [5.41, 5.74) is 0. The van der Waals surface area contributed by atoms with Crippen LogP contribution < -0.4 is 0 Å². The van der Waals surface area contributed by atoms with Crippen molar-refractivity contribution in [1.82, 2.24) is 4.90 Å². The quantitative estimate of drug-likeness (QED) is 0.461. The number of methoxy groups -OCH3 is 2. The Morgan fingerprint density at radius 2 is 1.92 bits per heavy atom. The summed E-state index contributed by atoms with van der Waals surface area (Å²) in [7, 11) is 4.52. The number of hydrogen-bond acceptors (Lipinski definition) is 3. The molecule has 0 atom stereocenters. The maximum Gasteiger partial charge on any atom is 0.250 e. The lowest BCUT2D eigenvalue weighted by Crippen LogP contribution is -2.49. The van der Waals surface area contributed by atoms with E-state index in [1.807, 2.05) is 0 Å². The molecular formula is C8H15NO3. The van der Waals surface area contributed by atoms with E-state index in [0.717, 1.165) is 0 Å². The molecule has 0 aliphatic carbocycles. The van der Waals surface area contributed by atoms with E-state index in [1.54, 1.807) is 14.0 Å². The molecule has 4 heteroatoms. The molecule has 0 aliphatic heterocycles. The van der Waals surface area contributed by atoms with Gasteiger partial charge in [-0.3, -0.25) is 9.69 Å². The second-order valence-electron chi connectivity index (χ2n) is 2.41. The lowest BCUT2D eigenvalue weighted by molar-refractivity contribution is -0.268. The topological polar surface area (TPSA) is 38.8 Å². The molecule has 0 saturated carbocycles. The third-order valence-corrected chi connectivity index (χ3v) is 1.87. The first-order valence-corrected chi connectivity index (χ1v) is 3.52. The van der Waals surface area contributed by atoms with Gasteiger partial charge in [0.2, 0.25) is 11.8 Å². The average molecular weight is 173 g/mol. The molecule has 0 aromatic heterocycles. The maximum atomic E-state index is 11.1. The molecule has 0 fully saturated rings. The smallest absolute Gasteiger partial charge is 0.250 e. The van der Waals surface area contributed by atoms with Gasteiger partial charge < -0.3 is 9.47 Å². The highest BCUT2D eigenvalue weighted by Gasteiger charge is 2.30. The molecule has 0 radical (unpaired) electrons. The highest BCUT2D eigenvalue weighted by atomic mass is 16.7. The highest BCUT2D eigenvalue weighted by Crippen LogP contribution is 2.14. The predicted octanol–water partition coefficient (Wildman–Crippen LogP) is 0.597. The van der Waals surface area contributed by atoms with Crippen LogP contribution >= 0.6 is 0 Å². The van der Waals surface area contributed by atoms with Crippen LogP contribution in [0.25, 0.3) is 0 Å². The largest absolute Gasteiger partial charge is 0.336 e. The third kappa shape index (κ3) is 2.06. The Morgan fingerprint density at radius 3 is 2.17 bits per heavy atom. The normalized spacial score (nSPS) is 11.0. The van der Waals surface area contributed by atoms with Gasteiger partial charge in [-0.25, -0.2) is 0 Å². The lowest BCUT2D eigenvalue weighted by atomic mass is 10.4. The van der Waals surface area contributed by atoms with Gasteiger partial charge in [-0.2, -0.15) is 0 Å². The van der Waals surface area contributed by atoms with Crippen molar-refractivity contribution in [3.8, 4) is 0 Å². The summed E-state index contributed by atoms with van der Waals surface area (Å²) in [6, 6.07) is 0. The fourth-order valence-electron chi connectivity index (χ4n) is 0.694. The summed E-state index contributed by atoms with van der Waals surface area (Å²) in [5, 5.41) is 0. The number of ether oxygens (including phenoxy) is 2. The van der Waals surface area contributed by atoms with Crippen molar-refractivity contribution in [2.24, 2.45) is 0 Å². The molecule has 0 aliphatic rings. The van der Waals surface area contributed by atoms with Crippen molar-refractivity contribution >= 4 is 5.91 Å². The number of likely N-dealkylation sites (N-methyl/N-ethyl adjacent to an activating group) is 1. The number of nitrogens with zero attached hydrogens (tertiary/aromatic N) is 1. The Balaban J connectivity index is 4.51. The monoisotopic (exact) mass is 173 g/mol. The molecule has 4 nitrogen and oxygen atoms in total. The number of rotatable bonds is 4. The van der Waals surface area contributed by atoms with E-state index in [-0.39, 0.29) is 5.91 Å². The van der Waals surface area contributed by atoms with Crippen molar-refractivity contribution in [1.29, 1.82) is 0 Å². The zero-order valence-electron chi connectivity index (χ0n) is 7.96. The predicted molar refractivity (Wildman–Crippen MR) is 45.4 cm³/mol. The molecule has 0 aromatic carbocycles. The third-order valence-electron chi connectivity index (χ3n) is 1.87. The van der Waals surface area contributed by atoms with Gasteiger partial charge in [0, 0.05) is 28.2 Å². The van der Waals surface area contributed by atoms with Gasteiger partial charge in [0.05, 0.1) is 0 Å². The molecule has 0 bridgehead atoms. The second kappa shape index (κ2) is 4.23. The van der Waals surface area contributed by atoms with Crippen LogP contribution in [0.2, 0.25) is 0 Å². The molecule has 70 valence electrons. The Morgan fingerprint density at radius 1 is 1.50 bits per heavy atom.